The van der Waals surface area contributed by atoms with E-state index in [0.29, 0.717) is 0 Å². The molecule has 4 nitrogen and oxygen atoms in total. The number of allylic oxidation sites excluding steroid dienone is 1. The van der Waals surface area contributed by atoms with Crippen molar-refractivity contribution in [2.24, 2.45) is 11.3 Å². The summed E-state index contributed by atoms with van der Waals surface area (Å²) in [5.74, 6) is -0.778. The van der Waals surface area contributed by atoms with Crippen LogP contribution in [0.15, 0.2) is 12.2 Å². The molecule has 2 N–H and O–H groups in total. The molecule has 0 fully saturated rings. The third-order valence-corrected chi connectivity index (χ3v) is 5.00. The van der Waals surface area contributed by atoms with Crippen LogP contribution in [0.25, 0.3) is 0 Å². The predicted octanol–water partition coefficient (Wildman–Crippen LogP) is 6.28. The largest absolute Gasteiger partial charge is 0.393 e. The molecule has 0 heterocycles. The first-order chi connectivity index (χ1) is 12.3. The predicted molar refractivity (Wildman–Crippen MR) is 108 cm³/mol. The Hall–Kier alpha value is -0.870. The first-order valence-electron chi connectivity index (χ1n) is 10.5. The Kier molecular flexibility index (Phi) is 14.7. The van der Waals surface area contributed by atoms with Gasteiger partial charge in [0.15, 0.2) is 0 Å². The quantitative estimate of drug-likeness (QED) is 0.154. The smallest absolute Gasteiger partial charge is 0.345 e. The van der Waals surface area contributed by atoms with E-state index >= 15 is 0 Å². The van der Waals surface area contributed by atoms with Gasteiger partial charge in [0, 0.05) is 0 Å². The monoisotopic (exact) mass is 370 g/mol. The zero-order valence-electron chi connectivity index (χ0n) is 17.5. The molecule has 0 aromatic rings. The highest BCUT2D eigenvalue weighted by atomic mass is 17.1. The molecule has 2 atom stereocenters. The Bertz CT molecular complexity index is 371. The summed E-state index contributed by atoms with van der Waals surface area (Å²) in [5.41, 5.74) is -0.195. The number of unbranched alkanes of at least 4 members (excludes halogenated alkanes) is 7. The third-order valence-electron chi connectivity index (χ3n) is 5.00. The van der Waals surface area contributed by atoms with Gasteiger partial charge in [0.2, 0.25) is 0 Å². The van der Waals surface area contributed by atoms with Crippen molar-refractivity contribution in [3.8, 4) is 0 Å². The summed E-state index contributed by atoms with van der Waals surface area (Å²) in [6.45, 7) is 8.19. The molecule has 0 aliphatic rings. The highest BCUT2D eigenvalue weighted by Gasteiger charge is 2.32. The molecule has 0 aromatic carbocycles. The summed E-state index contributed by atoms with van der Waals surface area (Å²) >= 11 is 0. The average molecular weight is 371 g/mol. The Morgan fingerprint density at radius 3 is 2.19 bits per heavy atom. The van der Waals surface area contributed by atoms with Gasteiger partial charge in [0.25, 0.3) is 0 Å². The van der Waals surface area contributed by atoms with Crippen molar-refractivity contribution < 1.29 is 20.0 Å². The molecule has 0 aliphatic heterocycles. The van der Waals surface area contributed by atoms with Crippen LogP contribution in [-0.4, -0.2) is 22.4 Å². The lowest BCUT2D eigenvalue weighted by Crippen LogP contribution is -2.29. The van der Waals surface area contributed by atoms with E-state index in [1.807, 2.05) is 20.8 Å². The first-order valence-corrected chi connectivity index (χ1v) is 10.5. The fraction of sp³-hybridized carbons (Fsp3) is 0.864. The fourth-order valence-corrected chi connectivity index (χ4v) is 3.23. The number of aliphatic hydroxyl groups excluding tert-OH is 1. The van der Waals surface area contributed by atoms with E-state index < -0.39 is 5.97 Å². The minimum absolute atomic E-state index is 0.191. The highest BCUT2D eigenvalue weighted by Crippen LogP contribution is 2.31. The van der Waals surface area contributed by atoms with Crippen LogP contribution in [0.1, 0.15) is 105 Å². The number of aliphatic hydroxyl groups is 1. The number of hydrogen-bond donors (Lipinski definition) is 2. The van der Waals surface area contributed by atoms with Gasteiger partial charge in [-0.25, -0.2) is 4.79 Å². The molecule has 0 bridgehead atoms. The van der Waals surface area contributed by atoms with Gasteiger partial charge in [0.05, 0.1) is 12.0 Å². The number of carbonyl (C=O) groups is 1. The highest BCUT2D eigenvalue weighted by molar-refractivity contribution is 5.72. The second kappa shape index (κ2) is 15.2. The lowest BCUT2D eigenvalue weighted by atomic mass is 9.78. The van der Waals surface area contributed by atoms with Crippen molar-refractivity contribution in [2.75, 3.05) is 0 Å². The summed E-state index contributed by atoms with van der Waals surface area (Å²) in [6, 6.07) is 0. The number of carbonyl (C=O) groups excluding carboxylic acids is 1. The fourth-order valence-electron chi connectivity index (χ4n) is 3.23. The van der Waals surface area contributed by atoms with Crippen LogP contribution in [0.5, 0.6) is 0 Å². The minimum Gasteiger partial charge on any atom is -0.393 e. The van der Waals surface area contributed by atoms with Gasteiger partial charge < -0.3 is 9.99 Å². The van der Waals surface area contributed by atoms with Gasteiger partial charge in [-0.3, -0.25) is 0 Å². The molecule has 0 spiro atoms. The van der Waals surface area contributed by atoms with Gasteiger partial charge in [-0.2, -0.15) is 5.26 Å². The zero-order chi connectivity index (χ0) is 19.8. The van der Waals surface area contributed by atoms with Crippen LogP contribution >= 0.6 is 0 Å². The van der Waals surface area contributed by atoms with Crippen molar-refractivity contribution >= 4 is 5.97 Å². The summed E-state index contributed by atoms with van der Waals surface area (Å²) in [5, 5.41) is 18.5. The summed E-state index contributed by atoms with van der Waals surface area (Å²) in [4.78, 5) is 15.6. The van der Waals surface area contributed by atoms with Crippen LogP contribution in [-0.2, 0) is 9.68 Å². The molecule has 0 aromatic heterocycles. The van der Waals surface area contributed by atoms with Gasteiger partial charge >= 0.3 is 5.97 Å². The summed E-state index contributed by atoms with van der Waals surface area (Å²) in [6.07, 6.45) is 16.7. The lowest BCUT2D eigenvalue weighted by Gasteiger charge is -2.27. The molecule has 1 unspecified atom stereocenters. The van der Waals surface area contributed by atoms with E-state index in [1.165, 1.54) is 19.3 Å². The normalized spacial score (nSPS) is 14.5. The molecule has 0 aliphatic carbocycles. The number of hydrogen-bond acceptors (Lipinski definition) is 4. The molecule has 4 heteroatoms. The van der Waals surface area contributed by atoms with E-state index in [0.717, 1.165) is 57.8 Å². The maximum atomic E-state index is 11.6. The van der Waals surface area contributed by atoms with Crippen LogP contribution in [0.4, 0.5) is 0 Å². The Labute approximate surface area is 161 Å². The molecule has 0 saturated carbocycles. The Morgan fingerprint density at radius 1 is 0.962 bits per heavy atom. The lowest BCUT2D eigenvalue weighted by molar-refractivity contribution is -0.242. The Morgan fingerprint density at radius 2 is 1.58 bits per heavy atom. The SMILES string of the molecule is CCCCCC[C@@H](O)C/C=C\CCCCCCC(C(=O)OO)C(C)(C)C. The summed E-state index contributed by atoms with van der Waals surface area (Å²) < 4.78 is 0. The molecular weight excluding hydrogens is 328 g/mol. The van der Waals surface area contributed by atoms with Crippen LogP contribution < -0.4 is 0 Å². The maximum absolute atomic E-state index is 11.6. The molecular formula is C22H42O4. The second-order valence-corrected chi connectivity index (χ2v) is 8.53. The molecule has 26 heavy (non-hydrogen) atoms. The van der Waals surface area contributed by atoms with Crippen LogP contribution in [0.3, 0.4) is 0 Å². The third kappa shape index (κ3) is 13.3. The zero-order valence-corrected chi connectivity index (χ0v) is 17.5. The molecule has 154 valence electrons. The average Bonchev–Trinajstić information content (AvgIpc) is 2.58. The van der Waals surface area contributed by atoms with Crippen molar-refractivity contribution in [2.45, 2.75) is 111 Å². The van der Waals surface area contributed by atoms with Crippen molar-refractivity contribution in [3.05, 3.63) is 12.2 Å². The van der Waals surface area contributed by atoms with Crippen molar-refractivity contribution in [1.82, 2.24) is 0 Å². The van der Waals surface area contributed by atoms with E-state index in [1.54, 1.807) is 0 Å². The Balaban J connectivity index is 3.69. The topological polar surface area (TPSA) is 66.8 Å². The molecule has 0 saturated heterocycles. The minimum atomic E-state index is -0.520. The molecule has 0 rings (SSSR count). The second-order valence-electron chi connectivity index (χ2n) is 8.53. The van der Waals surface area contributed by atoms with E-state index in [4.69, 9.17) is 5.26 Å². The van der Waals surface area contributed by atoms with Crippen LogP contribution in [0.2, 0.25) is 0 Å². The molecule has 0 radical (unpaired) electrons. The molecule has 0 amide bonds. The van der Waals surface area contributed by atoms with Crippen LogP contribution in [0, 0.1) is 11.3 Å². The standard InChI is InChI=1S/C22H42O4/c1-5-6-7-13-16-19(23)17-14-11-9-8-10-12-15-18-20(21(24)26-25)22(2,3)4/h11,14,19-20,23,25H,5-10,12-13,15-18H2,1-4H3/b14-11-/t19-,20?/m1/s1. The first kappa shape index (κ1) is 25.1. The van der Waals surface area contributed by atoms with E-state index in [9.17, 15) is 9.90 Å². The van der Waals surface area contributed by atoms with E-state index in [2.05, 4.69) is 24.0 Å². The van der Waals surface area contributed by atoms with Crippen molar-refractivity contribution in [3.63, 3.8) is 0 Å². The van der Waals surface area contributed by atoms with Gasteiger partial charge in [-0.05, 0) is 37.5 Å². The van der Waals surface area contributed by atoms with Crippen molar-refractivity contribution in [1.29, 1.82) is 0 Å². The van der Waals surface area contributed by atoms with Gasteiger partial charge in [0.1, 0.15) is 0 Å². The maximum Gasteiger partial charge on any atom is 0.345 e. The van der Waals surface area contributed by atoms with Gasteiger partial charge in [-0.1, -0.05) is 84.8 Å². The summed E-state index contributed by atoms with van der Waals surface area (Å²) in [7, 11) is 0. The van der Waals surface area contributed by atoms with E-state index in [-0.39, 0.29) is 17.4 Å². The number of rotatable bonds is 15. The van der Waals surface area contributed by atoms with Gasteiger partial charge in [-0.15, -0.1) is 0 Å².